The van der Waals surface area contributed by atoms with E-state index >= 15 is 0 Å². The first-order valence-electron chi connectivity index (χ1n) is 12.4. The van der Waals surface area contributed by atoms with Crippen molar-refractivity contribution < 1.29 is 9.53 Å². The first-order valence-corrected chi connectivity index (χ1v) is 12.4. The van der Waals surface area contributed by atoms with E-state index in [-0.39, 0.29) is 22.3 Å². The molecule has 1 aromatic rings. The van der Waals surface area contributed by atoms with E-state index in [9.17, 15) is 4.79 Å². The second kappa shape index (κ2) is 7.56. The van der Waals surface area contributed by atoms with Gasteiger partial charge in [0, 0.05) is 11.5 Å². The summed E-state index contributed by atoms with van der Waals surface area (Å²) in [7, 11) is 0. The summed E-state index contributed by atoms with van der Waals surface area (Å²) in [4.78, 5) is 12.4. The number of carbonyl (C=O) groups excluding carboxylic acids is 1. The highest BCUT2D eigenvalue weighted by atomic mass is 16.5. The van der Waals surface area contributed by atoms with Crippen molar-refractivity contribution in [2.75, 3.05) is 0 Å². The van der Waals surface area contributed by atoms with Gasteiger partial charge in [-0.25, -0.2) is 0 Å². The largest absolute Gasteiger partial charge is 0.373 e. The van der Waals surface area contributed by atoms with Crippen LogP contribution in [0.3, 0.4) is 0 Å². The molecule has 0 saturated heterocycles. The van der Waals surface area contributed by atoms with Crippen molar-refractivity contribution in [1.82, 2.24) is 0 Å². The molecular formula is C28H39NO2. The molecule has 3 heteroatoms. The van der Waals surface area contributed by atoms with Gasteiger partial charge in [0.1, 0.15) is 5.78 Å². The van der Waals surface area contributed by atoms with Crippen molar-refractivity contribution in [3.63, 3.8) is 0 Å². The summed E-state index contributed by atoms with van der Waals surface area (Å²) in [6.07, 6.45) is 11.6. The topological polar surface area (TPSA) is 52.3 Å². The number of Topliss-reactive ketones (excluding diaryl/α,β-unsaturated/α-hetero) is 1. The second-order valence-corrected chi connectivity index (χ2v) is 11.5. The summed E-state index contributed by atoms with van der Waals surface area (Å²) >= 11 is 0. The zero-order valence-electron chi connectivity index (χ0n) is 19.5. The SMILES string of the molecule is CC(=O)C1CCC2C1(C)CCC1C3(C)CCC(OCc4ccccc4)CC3=CCC12N. The molecule has 3 nitrogen and oxygen atoms in total. The van der Waals surface area contributed by atoms with Gasteiger partial charge in [-0.15, -0.1) is 0 Å². The summed E-state index contributed by atoms with van der Waals surface area (Å²) in [6, 6.07) is 10.5. The molecule has 7 unspecified atom stereocenters. The van der Waals surface area contributed by atoms with Crippen LogP contribution in [0.5, 0.6) is 0 Å². The predicted octanol–water partition coefficient (Wildman–Crippen LogP) is 5.82. The van der Waals surface area contributed by atoms with Gasteiger partial charge in [-0.05, 0) is 86.5 Å². The average Bonchev–Trinajstić information content (AvgIpc) is 3.11. The maximum absolute atomic E-state index is 12.4. The first-order chi connectivity index (χ1) is 14.8. The van der Waals surface area contributed by atoms with Crippen molar-refractivity contribution in [1.29, 1.82) is 0 Å². The number of hydrogen-bond donors (Lipinski definition) is 1. The molecule has 0 bridgehead atoms. The van der Waals surface area contributed by atoms with Gasteiger partial charge in [0.2, 0.25) is 0 Å². The summed E-state index contributed by atoms with van der Waals surface area (Å²) in [5, 5.41) is 0. The van der Waals surface area contributed by atoms with Crippen molar-refractivity contribution in [3.8, 4) is 0 Å². The van der Waals surface area contributed by atoms with E-state index in [1.807, 2.05) is 0 Å². The fourth-order valence-corrected chi connectivity index (χ4v) is 8.44. The minimum absolute atomic E-state index is 0.0920. The van der Waals surface area contributed by atoms with Crippen LogP contribution >= 0.6 is 0 Å². The molecule has 3 fully saturated rings. The van der Waals surface area contributed by atoms with E-state index in [0.29, 0.717) is 30.3 Å². The highest BCUT2D eigenvalue weighted by molar-refractivity contribution is 5.79. The third kappa shape index (κ3) is 3.26. The number of nitrogens with two attached hydrogens (primary N) is 1. The van der Waals surface area contributed by atoms with Gasteiger partial charge in [0.05, 0.1) is 12.7 Å². The Morgan fingerprint density at radius 2 is 1.84 bits per heavy atom. The number of ether oxygens (including phenoxy) is 1. The zero-order valence-corrected chi connectivity index (χ0v) is 19.5. The van der Waals surface area contributed by atoms with Crippen LogP contribution < -0.4 is 5.73 Å². The normalized spacial score (nSPS) is 44.1. The fourth-order valence-electron chi connectivity index (χ4n) is 8.44. The Hall–Kier alpha value is -1.45. The van der Waals surface area contributed by atoms with Gasteiger partial charge < -0.3 is 10.5 Å². The smallest absolute Gasteiger partial charge is 0.133 e. The van der Waals surface area contributed by atoms with Crippen molar-refractivity contribution in [2.45, 2.75) is 90.4 Å². The van der Waals surface area contributed by atoms with Crippen molar-refractivity contribution in [2.24, 2.45) is 34.3 Å². The Labute approximate surface area is 187 Å². The number of hydrogen-bond acceptors (Lipinski definition) is 3. The van der Waals surface area contributed by atoms with Crippen LogP contribution in [0, 0.1) is 28.6 Å². The molecular weight excluding hydrogens is 382 g/mol. The van der Waals surface area contributed by atoms with Gasteiger partial charge in [-0.3, -0.25) is 4.79 Å². The van der Waals surface area contributed by atoms with Gasteiger partial charge in [0.15, 0.2) is 0 Å². The number of benzene rings is 1. The molecule has 0 aromatic heterocycles. The Kier molecular flexibility index (Phi) is 5.22. The maximum Gasteiger partial charge on any atom is 0.133 e. The molecule has 0 amide bonds. The van der Waals surface area contributed by atoms with Gasteiger partial charge in [0.25, 0.3) is 0 Å². The Morgan fingerprint density at radius 1 is 1.06 bits per heavy atom. The molecule has 2 N–H and O–H groups in total. The molecule has 0 spiro atoms. The highest BCUT2D eigenvalue weighted by Crippen LogP contribution is 2.67. The van der Waals surface area contributed by atoms with Gasteiger partial charge >= 0.3 is 0 Å². The van der Waals surface area contributed by atoms with Crippen molar-refractivity contribution >= 4 is 5.78 Å². The lowest BCUT2D eigenvalue weighted by Crippen LogP contribution is -2.66. The molecule has 0 heterocycles. The summed E-state index contributed by atoms with van der Waals surface area (Å²) in [5.41, 5.74) is 10.3. The standard InChI is InChI=1S/C28H39NO2/c1-19(30)23-9-10-24-27(23,3)15-13-25-26(2)14-12-22(17-21(26)11-16-28(24,25)29)31-18-20-7-5-4-6-8-20/h4-8,11,22-25H,9-10,12-18,29H2,1-3H3. The molecule has 0 aliphatic heterocycles. The molecule has 5 rings (SSSR count). The van der Waals surface area contributed by atoms with Crippen LogP contribution in [0.15, 0.2) is 42.0 Å². The molecule has 7 atom stereocenters. The quantitative estimate of drug-likeness (QED) is 0.623. The van der Waals surface area contributed by atoms with E-state index in [1.54, 1.807) is 12.5 Å². The van der Waals surface area contributed by atoms with Crippen LogP contribution in [0.1, 0.15) is 77.7 Å². The molecule has 0 radical (unpaired) electrons. The fraction of sp³-hybridized carbons (Fsp3) is 0.679. The molecule has 31 heavy (non-hydrogen) atoms. The highest BCUT2D eigenvalue weighted by Gasteiger charge is 2.64. The van der Waals surface area contributed by atoms with Gasteiger partial charge in [-0.1, -0.05) is 55.8 Å². The monoisotopic (exact) mass is 421 g/mol. The third-order valence-electron chi connectivity index (χ3n) is 10.1. The minimum Gasteiger partial charge on any atom is -0.373 e. The number of rotatable bonds is 4. The molecule has 4 aliphatic carbocycles. The molecule has 4 aliphatic rings. The molecule has 3 saturated carbocycles. The van der Waals surface area contributed by atoms with Crippen molar-refractivity contribution in [3.05, 3.63) is 47.5 Å². The Morgan fingerprint density at radius 3 is 2.58 bits per heavy atom. The number of fused-ring (bicyclic) bond motifs is 5. The lowest BCUT2D eigenvalue weighted by atomic mass is 9.44. The lowest BCUT2D eigenvalue weighted by Gasteiger charge is -2.62. The minimum atomic E-state index is -0.160. The summed E-state index contributed by atoms with van der Waals surface area (Å²) < 4.78 is 6.34. The second-order valence-electron chi connectivity index (χ2n) is 11.5. The van der Waals surface area contributed by atoms with Crippen LogP contribution in [0.25, 0.3) is 0 Å². The lowest BCUT2D eigenvalue weighted by molar-refractivity contribution is -0.128. The number of ketones is 1. The Balaban J connectivity index is 1.35. The first kappa shape index (κ1) is 21.4. The van der Waals surface area contributed by atoms with E-state index in [4.69, 9.17) is 10.5 Å². The summed E-state index contributed by atoms with van der Waals surface area (Å²) in [6.45, 7) is 7.35. The average molecular weight is 422 g/mol. The van der Waals surface area contributed by atoms with E-state index in [0.717, 1.165) is 44.9 Å². The molecule has 1 aromatic carbocycles. The third-order valence-corrected chi connectivity index (χ3v) is 10.1. The summed E-state index contributed by atoms with van der Waals surface area (Å²) in [5.74, 6) is 1.58. The van der Waals surface area contributed by atoms with E-state index in [2.05, 4.69) is 50.3 Å². The number of carbonyl (C=O) groups is 1. The van der Waals surface area contributed by atoms with Crippen LogP contribution in [0.4, 0.5) is 0 Å². The van der Waals surface area contributed by atoms with Gasteiger partial charge in [-0.2, -0.15) is 0 Å². The maximum atomic E-state index is 12.4. The predicted molar refractivity (Wildman–Crippen MR) is 124 cm³/mol. The van der Waals surface area contributed by atoms with Crippen LogP contribution in [0.2, 0.25) is 0 Å². The molecule has 168 valence electrons. The van der Waals surface area contributed by atoms with Crippen LogP contribution in [-0.4, -0.2) is 17.4 Å². The Bertz CT molecular complexity index is 878. The zero-order chi connectivity index (χ0) is 21.9. The van der Waals surface area contributed by atoms with E-state index < -0.39 is 0 Å². The van der Waals surface area contributed by atoms with Crippen LogP contribution in [-0.2, 0) is 16.1 Å². The van der Waals surface area contributed by atoms with E-state index in [1.165, 1.54) is 12.0 Å².